The van der Waals surface area contributed by atoms with E-state index in [0.29, 0.717) is 12.1 Å². The standard InChI is InChI=1S/C14H14FN3O3/c15-10-2-1-7(16)5-11(10)17-12(19)3-4-18-13(20)8-6-9(8)14(18)21/h1-2,5,8-9H,3-4,6,16H2,(H,17,19). The Morgan fingerprint density at radius 3 is 2.67 bits per heavy atom. The Bertz CT molecular complexity index is 626. The Hall–Kier alpha value is -2.44. The minimum atomic E-state index is -0.591. The van der Waals surface area contributed by atoms with Gasteiger partial charge >= 0.3 is 0 Å². The molecule has 1 heterocycles. The van der Waals surface area contributed by atoms with Crippen LogP contribution in [-0.2, 0) is 14.4 Å². The number of hydrogen-bond acceptors (Lipinski definition) is 4. The zero-order valence-electron chi connectivity index (χ0n) is 11.1. The summed E-state index contributed by atoms with van der Waals surface area (Å²) in [5, 5.41) is 2.38. The number of piperidine rings is 1. The lowest BCUT2D eigenvalue weighted by atomic mass is 10.2. The van der Waals surface area contributed by atoms with Crippen LogP contribution < -0.4 is 11.1 Å². The molecule has 7 heteroatoms. The van der Waals surface area contributed by atoms with E-state index in [1.165, 1.54) is 12.1 Å². The highest BCUT2D eigenvalue weighted by Crippen LogP contribution is 2.46. The van der Waals surface area contributed by atoms with Gasteiger partial charge in [0.1, 0.15) is 5.82 Å². The van der Waals surface area contributed by atoms with Gasteiger partial charge in [0.25, 0.3) is 0 Å². The van der Waals surface area contributed by atoms with Crippen LogP contribution >= 0.6 is 0 Å². The first-order valence-corrected chi connectivity index (χ1v) is 6.67. The predicted octanol–water partition coefficient (Wildman–Crippen LogP) is 0.741. The zero-order valence-corrected chi connectivity index (χ0v) is 11.1. The van der Waals surface area contributed by atoms with E-state index in [1.807, 2.05) is 0 Å². The second kappa shape index (κ2) is 4.83. The molecule has 0 aromatic heterocycles. The molecule has 1 aliphatic carbocycles. The Balaban J connectivity index is 1.56. The van der Waals surface area contributed by atoms with Gasteiger partial charge in [0.2, 0.25) is 17.7 Å². The number of amides is 3. The van der Waals surface area contributed by atoms with E-state index >= 15 is 0 Å². The summed E-state index contributed by atoms with van der Waals surface area (Å²) >= 11 is 0. The summed E-state index contributed by atoms with van der Waals surface area (Å²) in [6.45, 7) is 0.0282. The van der Waals surface area contributed by atoms with Gasteiger partial charge in [0.15, 0.2) is 0 Å². The third kappa shape index (κ3) is 2.46. The first-order valence-electron chi connectivity index (χ1n) is 6.67. The van der Waals surface area contributed by atoms with Crippen LogP contribution in [-0.4, -0.2) is 29.2 Å². The molecule has 6 nitrogen and oxygen atoms in total. The van der Waals surface area contributed by atoms with E-state index in [-0.39, 0.29) is 42.3 Å². The number of likely N-dealkylation sites (tertiary alicyclic amines) is 1. The van der Waals surface area contributed by atoms with Gasteiger partial charge in [-0.15, -0.1) is 0 Å². The molecule has 2 atom stereocenters. The number of fused-ring (bicyclic) bond motifs is 1. The summed E-state index contributed by atoms with van der Waals surface area (Å²) < 4.78 is 13.5. The highest BCUT2D eigenvalue weighted by molar-refractivity contribution is 6.09. The number of imide groups is 1. The number of halogens is 1. The molecule has 0 spiro atoms. The lowest BCUT2D eigenvalue weighted by molar-refractivity contribution is -0.141. The first kappa shape index (κ1) is 13.5. The molecule has 2 fully saturated rings. The van der Waals surface area contributed by atoms with Crippen molar-refractivity contribution in [2.45, 2.75) is 12.8 Å². The van der Waals surface area contributed by atoms with Crippen LogP contribution in [0.15, 0.2) is 18.2 Å². The molecule has 2 aliphatic rings. The second-order valence-electron chi connectivity index (χ2n) is 5.31. The summed E-state index contributed by atoms with van der Waals surface area (Å²) in [4.78, 5) is 36.3. The number of hydrogen-bond donors (Lipinski definition) is 2. The molecule has 1 aromatic rings. The number of benzene rings is 1. The van der Waals surface area contributed by atoms with Crippen molar-refractivity contribution in [1.29, 1.82) is 0 Å². The molecule has 1 saturated carbocycles. The number of rotatable bonds is 4. The topological polar surface area (TPSA) is 92.5 Å². The van der Waals surface area contributed by atoms with Crippen LogP contribution in [0.4, 0.5) is 15.8 Å². The van der Waals surface area contributed by atoms with Crippen molar-refractivity contribution >= 4 is 29.1 Å². The Morgan fingerprint density at radius 1 is 1.33 bits per heavy atom. The summed E-state index contributed by atoms with van der Waals surface area (Å²) in [6.07, 6.45) is 0.569. The predicted molar refractivity (Wildman–Crippen MR) is 72.4 cm³/mol. The molecule has 110 valence electrons. The third-order valence-corrected chi connectivity index (χ3v) is 3.78. The van der Waals surface area contributed by atoms with Crippen molar-refractivity contribution in [2.24, 2.45) is 11.8 Å². The molecular weight excluding hydrogens is 277 g/mol. The van der Waals surface area contributed by atoms with E-state index in [0.717, 1.165) is 11.0 Å². The minimum Gasteiger partial charge on any atom is -0.399 e. The molecule has 1 aliphatic heterocycles. The number of carbonyl (C=O) groups is 3. The zero-order chi connectivity index (χ0) is 15.1. The maximum atomic E-state index is 13.5. The fraction of sp³-hybridized carbons (Fsp3) is 0.357. The maximum Gasteiger partial charge on any atom is 0.233 e. The van der Waals surface area contributed by atoms with Crippen LogP contribution in [0.5, 0.6) is 0 Å². The van der Waals surface area contributed by atoms with Crippen molar-refractivity contribution in [1.82, 2.24) is 4.90 Å². The maximum absolute atomic E-state index is 13.5. The van der Waals surface area contributed by atoms with E-state index in [9.17, 15) is 18.8 Å². The Morgan fingerprint density at radius 2 is 2.00 bits per heavy atom. The van der Waals surface area contributed by atoms with E-state index in [4.69, 9.17) is 5.73 Å². The van der Waals surface area contributed by atoms with Crippen molar-refractivity contribution in [2.75, 3.05) is 17.6 Å². The van der Waals surface area contributed by atoms with Gasteiger partial charge in [0, 0.05) is 18.7 Å². The van der Waals surface area contributed by atoms with Gasteiger partial charge in [-0.3, -0.25) is 19.3 Å². The lowest BCUT2D eigenvalue weighted by Crippen LogP contribution is -2.35. The average Bonchev–Trinajstić information content (AvgIpc) is 3.18. The normalized spacial score (nSPS) is 23.2. The van der Waals surface area contributed by atoms with Crippen LogP contribution in [0.1, 0.15) is 12.8 Å². The summed E-state index contributed by atoms with van der Waals surface area (Å²) in [5.41, 5.74) is 5.84. The second-order valence-corrected chi connectivity index (χ2v) is 5.31. The van der Waals surface area contributed by atoms with Gasteiger partial charge in [-0.1, -0.05) is 0 Å². The highest BCUT2D eigenvalue weighted by Gasteiger charge is 2.58. The molecule has 1 saturated heterocycles. The van der Waals surface area contributed by atoms with Gasteiger partial charge < -0.3 is 11.1 Å². The quantitative estimate of drug-likeness (QED) is 0.632. The van der Waals surface area contributed by atoms with E-state index < -0.39 is 11.7 Å². The Labute approximate surface area is 120 Å². The number of anilines is 2. The largest absolute Gasteiger partial charge is 0.399 e. The molecule has 2 unspecified atom stereocenters. The highest BCUT2D eigenvalue weighted by atomic mass is 19.1. The van der Waals surface area contributed by atoms with Crippen molar-refractivity contribution < 1.29 is 18.8 Å². The monoisotopic (exact) mass is 291 g/mol. The van der Waals surface area contributed by atoms with Gasteiger partial charge in [-0.2, -0.15) is 0 Å². The summed E-state index contributed by atoms with van der Waals surface area (Å²) in [6, 6.07) is 3.86. The molecule has 3 N–H and O–H groups in total. The van der Waals surface area contributed by atoms with Gasteiger partial charge in [-0.25, -0.2) is 4.39 Å². The van der Waals surface area contributed by atoms with Crippen molar-refractivity contribution in [3.63, 3.8) is 0 Å². The van der Waals surface area contributed by atoms with Crippen LogP contribution in [0.25, 0.3) is 0 Å². The van der Waals surface area contributed by atoms with Crippen molar-refractivity contribution in [3.05, 3.63) is 24.0 Å². The molecule has 3 rings (SSSR count). The number of nitrogen functional groups attached to an aromatic ring is 1. The van der Waals surface area contributed by atoms with Crippen LogP contribution in [0.3, 0.4) is 0 Å². The number of carbonyl (C=O) groups excluding carboxylic acids is 3. The molecule has 0 bridgehead atoms. The minimum absolute atomic E-state index is 0.0121. The number of nitrogens with one attached hydrogen (secondary N) is 1. The number of nitrogens with two attached hydrogens (primary N) is 1. The van der Waals surface area contributed by atoms with E-state index in [2.05, 4.69) is 5.32 Å². The first-order chi connectivity index (χ1) is 9.97. The Kier molecular flexibility index (Phi) is 3.12. The lowest BCUT2D eigenvalue weighted by Gasteiger charge is -2.16. The van der Waals surface area contributed by atoms with Crippen molar-refractivity contribution in [3.8, 4) is 0 Å². The van der Waals surface area contributed by atoms with Gasteiger partial charge in [0.05, 0.1) is 17.5 Å². The summed E-state index contributed by atoms with van der Waals surface area (Å²) in [7, 11) is 0. The molecule has 1 aromatic carbocycles. The molecule has 21 heavy (non-hydrogen) atoms. The van der Waals surface area contributed by atoms with Gasteiger partial charge in [-0.05, 0) is 24.6 Å². The van der Waals surface area contributed by atoms with E-state index in [1.54, 1.807) is 0 Å². The third-order valence-electron chi connectivity index (χ3n) is 3.78. The molecule has 3 amide bonds. The molecule has 0 radical (unpaired) electrons. The van der Waals surface area contributed by atoms with Crippen LogP contribution in [0.2, 0.25) is 0 Å². The fourth-order valence-corrected chi connectivity index (χ4v) is 2.53. The smallest absolute Gasteiger partial charge is 0.233 e. The average molecular weight is 291 g/mol. The summed E-state index contributed by atoms with van der Waals surface area (Å²) in [5.74, 6) is -1.81. The molecular formula is C14H14FN3O3. The van der Waals surface area contributed by atoms with Crippen LogP contribution in [0, 0.1) is 17.7 Å². The SMILES string of the molecule is Nc1ccc(F)c(NC(=O)CCN2C(=O)C3CC3C2=O)c1. The number of nitrogens with zero attached hydrogens (tertiary/aromatic N) is 1. The fourth-order valence-electron chi connectivity index (χ4n) is 2.53.